The van der Waals surface area contributed by atoms with Gasteiger partial charge in [-0.15, -0.1) is 0 Å². The van der Waals surface area contributed by atoms with Gasteiger partial charge in [-0.3, -0.25) is 0 Å². The van der Waals surface area contributed by atoms with E-state index < -0.39 is 10.0 Å². The Morgan fingerprint density at radius 1 is 1.32 bits per heavy atom. The lowest BCUT2D eigenvalue weighted by molar-refractivity contribution is 0.464. The van der Waals surface area contributed by atoms with Crippen molar-refractivity contribution < 1.29 is 8.42 Å². The summed E-state index contributed by atoms with van der Waals surface area (Å²) < 4.78 is 26.4. The SMILES string of the molecule is CNCc1cc(S(=O)(=O)N(C)C2CC2)c(Cl)cc1Cl. The summed E-state index contributed by atoms with van der Waals surface area (Å²) in [6, 6.07) is 3.14. The first-order valence-electron chi connectivity index (χ1n) is 5.98. The van der Waals surface area contributed by atoms with Gasteiger partial charge >= 0.3 is 0 Å². The summed E-state index contributed by atoms with van der Waals surface area (Å²) in [5.74, 6) is 0. The molecule has 0 spiro atoms. The van der Waals surface area contributed by atoms with Gasteiger partial charge in [0.2, 0.25) is 10.0 Å². The lowest BCUT2D eigenvalue weighted by Gasteiger charge is -2.18. The number of halogens is 2. The maximum absolute atomic E-state index is 12.5. The van der Waals surface area contributed by atoms with E-state index >= 15 is 0 Å². The molecule has 0 amide bonds. The molecule has 1 aliphatic rings. The lowest BCUT2D eigenvalue weighted by Crippen LogP contribution is -2.29. The van der Waals surface area contributed by atoms with Crippen molar-refractivity contribution in [3.8, 4) is 0 Å². The monoisotopic (exact) mass is 322 g/mol. The molecule has 0 heterocycles. The van der Waals surface area contributed by atoms with Crippen LogP contribution >= 0.6 is 23.2 Å². The first-order valence-corrected chi connectivity index (χ1v) is 8.18. The Morgan fingerprint density at radius 2 is 1.95 bits per heavy atom. The number of benzene rings is 1. The van der Waals surface area contributed by atoms with Gasteiger partial charge in [0, 0.05) is 24.7 Å². The van der Waals surface area contributed by atoms with Gasteiger partial charge in [-0.25, -0.2) is 8.42 Å². The molecule has 1 aliphatic carbocycles. The van der Waals surface area contributed by atoms with Gasteiger partial charge in [0.15, 0.2) is 0 Å². The van der Waals surface area contributed by atoms with E-state index in [0.717, 1.165) is 18.4 Å². The van der Waals surface area contributed by atoms with Crippen LogP contribution in [0.15, 0.2) is 17.0 Å². The molecule has 1 aromatic rings. The van der Waals surface area contributed by atoms with Crippen molar-refractivity contribution in [2.45, 2.75) is 30.3 Å². The second kappa shape index (κ2) is 5.58. The zero-order valence-corrected chi connectivity index (χ0v) is 13.1. The Labute approximate surface area is 123 Å². The van der Waals surface area contributed by atoms with Crippen LogP contribution < -0.4 is 5.32 Å². The molecule has 7 heteroatoms. The van der Waals surface area contributed by atoms with Crippen molar-refractivity contribution in [2.75, 3.05) is 14.1 Å². The lowest BCUT2D eigenvalue weighted by atomic mass is 10.2. The van der Waals surface area contributed by atoms with Gasteiger partial charge in [-0.2, -0.15) is 4.31 Å². The molecule has 0 unspecified atom stereocenters. The normalized spacial score (nSPS) is 16.1. The van der Waals surface area contributed by atoms with Crippen molar-refractivity contribution in [2.24, 2.45) is 0 Å². The highest BCUT2D eigenvalue weighted by atomic mass is 35.5. The van der Waals surface area contributed by atoms with Crippen molar-refractivity contribution in [3.05, 3.63) is 27.7 Å². The molecule has 1 aromatic carbocycles. The molecule has 106 valence electrons. The highest BCUT2D eigenvalue weighted by Crippen LogP contribution is 2.35. The topological polar surface area (TPSA) is 49.4 Å². The third-order valence-electron chi connectivity index (χ3n) is 3.19. The van der Waals surface area contributed by atoms with E-state index in [1.54, 1.807) is 20.2 Å². The maximum Gasteiger partial charge on any atom is 0.244 e. The number of nitrogens with zero attached hydrogens (tertiary/aromatic N) is 1. The summed E-state index contributed by atoms with van der Waals surface area (Å²) in [5.41, 5.74) is 0.719. The highest BCUT2D eigenvalue weighted by molar-refractivity contribution is 7.89. The van der Waals surface area contributed by atoms with Gasteiger partial charge < -0.3 is 5.32 Å². The van der Waals surface area contributed by atoms with E-state index in [-0.39, 0.29) is 16.0 Å². The van der Waals surface area contributed by atoms with Crippen molar-refractivity contribution in [3.63, 3.8) is 0 Å². The fourth-order valence-electron chi connectivity index (χ4n) is 1.88. The van der Waals surface area contributed by atoms with Crippen molar-refractivity contribution in [1.82, 2.24) is 9.62 Å². The maximum atomic E-state index is 12.5. The molecule has 1 saturated carbocycles. The number of sulfonamides is 1. The van der Waals surface area contributed by atoms with Crippen LogP contribution in [0.2, 0.25) is 10.0 Å². The fraction of sp³-hybridized carbons (Fsp3) is 0.500. The van der Waals surface area contributed by atoms with Crippen LogP contribution in [-0.2, 0) is 16.6 Å². The van der Waals surface area contributed by atoms with Crippen LogP contribution in [-0.4, -0.2) is 32.9 Å². The molecular formula is C12H16Cl2N2O2S. The average molecular weight is 323 g/mol. The molecular weight excluding hydrogens is 307 g/mol. The standard InChI is InChI=1S/C12H16Cl2N2O2S/c1-15-7-8-5-12(11(14)6-10(8)13)19(17,18)16(2)9-3-4-9/h5-6,9,15H,3-4,7H2,1-2H3. The summed E-state index contributed by atoms with van der Waals surface area (Å²) in [4.78, 5) is 0.123. The predicted molar refractivity (Wildman–Crippen MR) is 77.2 cm³/mol. The van der Waals surface area contributed by atoms with Crippen LogP contribution in [0.25, 0.3) is 0 Å². The van der Waals surface area contributed by atoms with Crippen LogP contribution in [0.4, 0.5) is 0 Å². The van der Waals surface area contributed by atoms with Crippen LogP contribution in [0, 0.1) is 0 Å². The molecule has 4 nitrogen and oxygen atoms in total. The number of nitrogens with one attached hydrogen (secondary N) is 1. The quantitative estimate of drug-likeness (QED) is 0.906. The van der Waals surface area contributed by atoms with Gasteiger partial charge in [0.25, 0.3) is 0 Å². The summed E-state index contributed by atoms with van der Waals surface area (Å²) in [6.45, 7) is 0.492. The van der Waals surface area contributed by atoms with Gasteiger partial charge in [-0.05, 0) is 37.6 Å². The molecule has 2 rings (SSSR count). The highest BCUT2D eigenvalue weighted by Gasteiger charge is 2.36. The zero-order chi connectivity index (χ0) is 14.2. The molecule has 1 N–H and O–H groups in total. The van der Waals surface area contributed by atoms with E-state index in [2.05, 4.69) is 5.32 Å². The largest absolute Gasteiger partial charge is 0.316 e. The molecule has 0 aliphatic heterocycles. The van der Waals surface area contributed by atoms with E-state index in [1.165, 1.54) is 10.4 Å². The second-order valence-corrected chi connectivity index (χ2v) is 7.44. The minimum Gasteiger partial charge on any atom is -0.316 e. The molecule has 0 saturated heterocycles. The Hall–Kier alpha value is -0.330. The van der Waals surface area contributed by atoms with Crippen molar-refractivity contribution in [1.29, 1.82) is 0 Å². The van der Waals surface area contributed by atoms with E-state index in [9.17, 15) is 8.42 Å². The molecule has 0 atom stereocenters. The van der Waals surface area contributed by atoms with E-state index in [1.807, 2.05) is 0 Å². The first-order chi connectivity index (χ1) is 8.87. The number of rotatable bonds is 5. The summed E-state index contributed by atoms with van der Waals surface area (Å²) in [5, 5.41) is 3.58. The smallest absolute Gasteiger partial charge is 0.244 e. The minimum absolute atomic E-state index is 0.101. The number of hydrogen-bond donors (Lipinski definition) is 1. The summed E-state index contributed by atoms with van der Waals surface area (Å²) in [7, 11) is -0.183. The number of hydrogen-bond acceptors (Lipinski definition) is 3. The van der Waals surface area contributed by atoms with E-state index in [0.29, 0.717) is 11.6 Å². The molecule has 0 aromatic heterocycles. The molecule has 19 heavy (non-hydrogen) atoms. The molecule has 0 radical (unpaired) electrons. The van der Waals surface area contributed by atoms with Crippen molar-refractivity contribution >= 4 is 33.2 Å². The van der Waals surface area contributed by atoms with Gasteiger partial charge in [-0.1, -0.05) is 23.2 Å². The van der Waals surface area contributed by atoms with Crippen LogP contribution in [0.3, 0.4) is 0 Å². The van der Waals surface area contributed by atoms with Crippen LogP contribution in [0.1, 0.15) is 18.4 Å². The Kier molecular flexibility index (Phi) is 4.42. The molecule has 0 bridgehead atoms. The Morgan fingerprint density at radius 3 is 2.47 bits per heavy atom. The third-order valence-corrected chi connectivity index (χ3v) is 5.91. The minimum atomic E-state index is -3.55. The second-order valence-electron chi connectivity index (χ2n) is 4.66. The molecule has 1 fully saturated rings. The fourth-order valence-corrected chi connectivity index (χ4v) is 4.14. The summed E-state index contributed by atoms with van der Waals surface area (Å²) >= 11 is 12.1. The predicted octanol–water partition coefficient (Wildman–Crippen LogP) is 2.50. The zero-order valence-electron chi connectivity index (χ0n) is 10.8. The Balaban J connectivity index is 2.45. The summed E-state index contributed by atoms with van der Waals surface area (Å²) in [6.07, 6.45) is 1.81. The first kappa shape index (κ1) is 15.1. The van der Waals surface area contributed by atoms with Crippen LogP contribution in [0.5, 0.6) is 0 Å². The van der Waals surface area contributed by atoms with E-state index in [4.69, 9.17) is 23.2 Å². The average Bonchev–Trinajstić information content (AvgIpc) is 3.15. The van der Waals surface area contributed by atoms with Gasteiger partial charge in [0.1, 0.15) is 4.90 Å². The third kappa shape index (κ3) is 3.06. The van der Waals surface area contributed by atoms with Gasteiger partial charge in [0.05, 0.1) is 5.02 Å². The Bertz CT molecular complexity index is 586.